The van der Waals surface area contributed by atoms with Gasteiger partial charge in [-0.2, -0.15) is 9.61 Å². The van der Waals surface area contributed by atoms with Crippen LogP contribution in [0.1, 0.15) is 25.3 Å². The molecular formula is C27H26BrN5O2. The molecule has 0 atom stereocenters. The molecule has 0 spiro atoms. The summed E-state index contributed by atoms with van der Waals surface area (Å²) in [6.07, 6.45) is 5.30. The number of nitrogens with zero attached hydrogens (tertiary/aromatic N) is 4. The Hall–Kier alpha value is -3.65. The van der Waals surface area contributed by atoms with Crippen molar-refractivity contribution in [2.75, 3.05) is 18.4 Å². The standard InChI is InChI=1S/C27H26BrN5O2/c1-18(15-19-7-3-2-4-8-19)27(35)32-13-11-20(12-14-32)30-25-16-23(21-9-5-6-10-24(21)34)31-26-22(28)17-29-33(25)26/h2-10,15-17,20,30,34H,11-14H2,1H3/b18-15+. The molecule has 1 aliphatic heterocycles. The lowest BCUT2D eigenvalue weighted by molar-refractivity contribution is -0.127. The zero-order valence-corrected chi connectivity index (χ0v) is 20.9. The number of carbonyl (C=O) groups excluding carboxylic acids is 1. The van der Waals surface area contributed by atoms with Crippen molar-refractivity contribution < 1.29 is 9.90 Å². The third kappa shape index (κ3) is 4.93. The van der Waals surface area contributed by atoms with Crippen molar-refractivity contribution in [1.82, 2.24) is 19.5 Å². The first-order chi connectivity index (χ1) is 17.0. The Morgan fingerprint density at radius 2 is 1.83 bits per heavy atom. The van der Waals surface area contributed by atoms with Crippen LogP contribution in [0.4, 0.5) is 5.82 Å². The third-order valence-corrected chi connectivity index (χ3v) is 6.82. The van der Waals surface area contributed by atoms with Gasteiger partial charge in [-0.1, -0.05) is 42.5 Å². The van der Waals surface area contributed by atoms with E-state index in [-0.39, 0.29) is 17.7 Å². The highest BCUT2D eigenvalue weighted by molar-refractivity contribution is 9.10. The lowest BCUT2D eigenvalue weighted by Crippen LogP contribution is -2.42. The van der Waals surface area contributed by atoms with Crippen LogP contribution in [0.25, 0.3) is 23.0 Å². The number of rotatable bonds is 5. The molecule has 4 aromatic rings. The van der Waals surface area contributed by atoms with Gasteiger partial charge in [-0.15, -0.1) is 0 Å². The highest BCUT2D eigenvalue weighted by Crippen LogP contribution is 2.31. The van der Waals surface area contributed by atoms with E-state index >= 15 is 0 Å². The molecule has 5 rings (SSSR count). The predicted molar refractivity (Wildman–Crippen MR) is 141 cm³/mol. The molecule has 0 saturated carbocycles. The molecule has 2 aromatic carbocycles. The minimum atomic E-state index is 0.0800. The Morgan fingerprint density at radius 1 is 1.11 bits per heavy atom. The molecule has 2 N–H and O–H groups in total. The fourth-order valence-corrected chi connectivity index (χ4v) is 4.76. The van der Waals surface area contributed by atoms with E-state index in [1.807, 2.05) is 66.4 Å². The number of aromatic hydroxyl groups is 1. The van der Waals surface area contributed by atoms with Crippen LogP contribution in [-0.4, -0.2) is 49.6 Å². The number of likely N-dealkylation sites (tertiary alicyclic amines) is 1. The zero-order chi connectivity index (χ0) is 24.4. The number of phenolic OH excluding ortho intramolecular Hbond substituents is 1. The molecule has 1 saturated heterocycles. The summed E-state index contributed by atoms with van der Waals surface area (Å²) in [4.78, 5) is 19.6. The molecule has 0 unspecified atom stereocenters. The van der Waals surface area contributed by atoms with Crippen LogP contribution in [0.2, 0.25) is 0 Å². The minimum Gasteiger partial charge on any atom is -0.507 e. The average Bonchev–Trinajstić information content (AvgIpc) is 3.26. The fraction of sp³-hybridized carbons (Fsp3) is 0.222. The number of hydrogen-bond donors (Lipinski definition) is 2. The number of piperidine rings is 1. The summed E-state index contributed by atoms with van der Waals surface area (Å²) >= 11 is 3.53. The first-order valence-electron chi connectivity index (χ1n) is 11.6. The topological polar surface area (TPSA) is 82.8 Å². The summed E-state index contributed by atoms with van der Waals surface area (Å²) in [5, 5.41) is 18.4. The summed E-state index contributed by atoms with van der Waals surface area (Å²) in [5.74, 6) is 1.05. The van der Waals surface area contributed by atoms with Gasteiger partial charge >= 0.3 is 0 Å². The van der Waals surface area contributed by atoms with Crippen molar-refractivity contribution in [3.05, 3.63) is 82.5 Å². The van der Waals surface area contributed by atoms with E-state index in [0.717, 1.165) is 34.3 Å². The van der Waals surface area contributed by atoms with Crippen LogP contribution in [0.15, 0.2) is 76.9 Å². The van der Waals surface area contributed by atoms with Gasteiger partial charge in [0.15, 0.2) is 5.65 Å². The first-order valence-corrected chi connectivity index (χ1v) is 12.4. The van der Waals surface area contributed by atoms with Crippen molar-refractivity contribution in [1.29, 1.82) is 0 Å². The number of carbonyl (C=O) groups is 1. The van der Waals surface area contributed by atoms with Crippen LogP contribution in [0.3, 0.4) is 0 Å². The number of nitrogens with one attached hydrogen (secondary N) is 1. The quantitative estimate of drug-likeness (QED) is 0.338. The lowest BCUT2D eigenvalue weighted by atomic mass is 10.0. The Bertz CT molecular complexity index is 1390. The normalized spacial score (nSPS) is 14.9. The molecular weight excluding hydrogens is 506 g/mol. The number of anilines is 1. The molecule has 0 aliphatic carbocycles. The third-order valence-electron chi connectivity index (χ3n) is 6.26. The van der Waals surface area contributed by atoms with E-state index in [2.05, 4.69) is 26.3 Å². The van der Waals surface area contributed by atoms with Gasteiger partial charge < -0.3 is 15.3 Å². The molecule has 35 heavy (non-hydrogen) atoms. The smallest absolute Gasteiger partial charge is 0.249 e. The lowest BCUT2D eigenvalue weighted by Gasteiger charge is -2.33. The zero-order valence-electron chi connectivity index (χ0n) is 19.4. The largest absolute Gasteiger partial charge is 0.507 e. The van der Waals surface area contributed by atoms with Gasteiger partial charge in [-0.3, -0.25) is 4.79 Å². The maximum atomic E-state index is 13.0. The second kappa shape index (κ2) is 9.92. The van der Waals surface area contributed by atoms with E-state index in [9.17, 15) is 9.90 Å². The molecule has 2 aromatic heterocycles. The first kappa shape index (κ1) is 23.1. The Balaban J connectivity index is 1.31. The highest BCUT2D eigenvalue weighted by atomic mass is 79.9. The molecule has 3 heterocycles. The molecule has 178 valence electrons. The molecule has 1 amide bonds. The van der Waals surface area contributed by atoms with Gasteiger partial charge in [0.05, 0.1) is 16.4 Å². The van der Waals surface area contributed by atoms with Gasteiger partial charge in [0.25, 0.3) is 0 Å². The van der Waals surface area contributed by atoms with E-state index in [1.54, 1.807) is 22.8 Å². The second-order valence-electron chi connectivity index (χ2n) is 8.72. The average molecular weight is 532 g/mol. The number of amides is 1. The molecule has 0 radical (unpaired) electrons. The molecule has 1 fully saturated rings. The van der Waals surface area contributed by atoms with E-state index in [0.29, 0.717) is 30.0 Å². The van der Waals surface area contributed by atoms with Gasteiger partial charge in [-0.05, 0) is 59.5 Å². The van der Waals surface area contributed by atoms with Gasteiger partial charge in [0.2, 0.25) is 5.91 Å². The van der Waals surface area contributed by atoms with Crippen molar-refractivity contribution in [2.24, 2.45) is 0 Å². The van der Waals surface area contributed by atoms with Crippen LogP contribution < -0.4 is 5.32 Å². The highest BCUT2D eigenvalue weighted by Gasteiger charge is 2.24. The predicted octanol–water partition coefficient (Wildman–Crippen LogP) is 5.37. The molecule has 8 heteroatoms. The van der Waals surface area contributed by atoms with E-state index in [4.69, 9.17) is 4.98 Å². The Labute approximate surface area is 212 Å². The van der Waals surface area contributed by atoms with Crippen molar-refractivity contribution in [2.45, 2.75) is 25.8 Å². The van der Waals surface area contributed by atoms with E-state index in [1.165, 1.54) is 0 Å². The van der Waals surface area contributed by atoms with Crippen LogP contribution in [-0.2, 0) is 4.79 Å². The second-order valence-corrected chi connectivity index (χ2v) is 9.57. The minimum absolute atomic E-state index is 0.0800. The van der Waals surface area contributed by atoms with Crippen LogP contribution in [0.5, 0.6) is 5.75 Å². The maximum absolute atomic E-state index is 13.0. The molecule has 1 aliphatic rings. The SMILES string of the molecule is C/C(=C\c1ccccc1)C(=O)N1CCC(Nc2cc(-c3ccccc3O)nc3c(Br)cnn23)CC1. The number of para-hydroxylation sites is 1. The van der Waals surface area contributed by atoms with E-state index < -0.39 is 0 Å². The summed E-state index contributed by atoms with van der Waals surface area (Å²) < 4.78 is 2.54. The summed E-state index contributed by atoms with van der Waals surface area (Å²) in [6, 6.07) is 19.2. The van der Waals surface area contributed by atoms with Gasteiger partial charge in [0, 0.05) is 36.3 Å². The van der Waals surface area contributed by atoms with Crippen LogP contribution >= 0.6 is 15.9 Å². The number of halogens is 1. The van der Waals surface area contributed by atoms with Gasteiger partial charge in [0.1, 0.15) is 11.6 Å². The monoisotopic (exact) mass is 531 g/mol. The molecule has 7 nitrogen and oxygen atoms in total. The fourth-order valence-electron chi connectivity index (χ4n) is 4.41. The number of aromatic nitrogens is 3. The van der Waals surface area contributed by atoms with Gasteiger partial charge in [-0.25, -0.2) is 4.98 Å². The molecule has 0 bridgehead atoms. The van der Waals surface area contributed by atoms with Crippen molar-refractivity contribution >= 4 is 39.4 Å². The Morgan fingerprint density at radius 3 is 2.57 bits per heavy atom. The number of hydrogen-bond acceptors (Lipinski definition) is 5. The summed E-state index contributed by atoms with van der Waals surface area (Å²) in [6.45, 7) is 3.24. The maximum Gasteiger partial charge on any atom is 0.249 e. The van der Waals surface area contributed by atoms with Crippen LogP contribution in [0, 0.1) is 0 Å². The summed E-state index contributed by atoms with van der Waals surface area (Å²) in [7, 11) is 0. The number of phenols is 1. The van der Waals surface area contributed by atoms with Crippen molar-refractivity contribution in [3.63, 3.8) is 0 Å². The summed E-state index contributed by atoms with van der Waals surface area (Å²) in [5.41, 5.74) is 3.76. The number of benzene rings is 2. The van der Waals surface area contributed by atoms with Crippen molar-refractivity contribution in [3.8, 4) is 17.0 Å². The number of fused-ring (bicyclic) bond motifs is 1. The Kier molecular flexibility index (Phi) is 6.55.